The first-order valence-electron chi connectivity index (χ1n) is 1.77. The van der Waals surface area contributed by atoms with Crippen LogP contribution in [0.5, 0.6) is 0 Å². The van der Waals surface area contributed by atoms with Gasteiger partial charge in [-0.3, -0.25) is 5.73 Å². The van der Waals surface area contributed by atoms with Crippen LogP contribution in [0.15, 0.2) is 0 Å². The standard InChI is InChI=1S/C3H5Cl3N/c4-3(5,6)1-2-7/h7H,1-2H2. The SMILES string of the molecule is [NH]CCC(Cl)(Cl)Cl. The molecule has 0 aliphatic rings. The Hall–Kier alpha value is 0.830. The third-order valence-corrected chi connectivity index (χ3v) is 0.975. The van der Waals surface area contributed by atoms with Crippen LogP contribution in [-0.2, 0) is 0 Å². The Balaban J connectivity index is 3.15. The van der Waals surface area contributed by atoms with Crippen LogP contribution in [0, 0.1) is 0 Å². The zero-order valence-corrected chi connectivity index (χ0v) is 5.82. The van der Waals surface area contributed by atoms with Crippen molar-refractivity contribution in [2.24, 2.45) is 0 Å². The zero-order valence-electron chi connectivity index (χ0n) is 3.55. The molecule has 0 heterocycles. The Kier molecular flexibility index (Phi) is 3.33. The molecule has 0 fully saturated rings. The van der Waals surface area contributed by atoms with Crippen molar-refractivity contribution in [1.82, 2.24) is 5.73 Å². The molecule has 0 atom stereocenters. The smallest absolute Gasteiger partial charge is 0.191 e. The van der Waals surface area contributed by atoms with Gasteiger partial charge in [0, 0.05) is 13.0 Å². The third kappa shape index (κ3) is 6.83. The Morgan fingerprint density at radius 2 is 1.71 bits per heavy atom. The van der Waals surface area contributed by atoms with Gasteiger partial charge in [0.05, 0.1) is 0 Å². The molecule has 0 aromatic carbocycles. The molecule has 0 bridgehead atoms. The number of rotatable bonds is 1. The maximum Gasteiger partial charge on any atom is 0.191 e. The molecular weight excluding hydrogens is 156 g/mol. The molecule has 0 rings (SSSR count). The summed E-state index contributed by atoms with van der Waals surface area (Å²) >= 11 is 15.7. The number of nitrogens with one attached hydrogen (secondary N) is 1. The molecule has 0 amide bonds. The molecular formula is C3H5Cl3N. The molecule has 0 spiro atoms. The van der Waals surface area contributed by atoms with Crippen LogP contribution in [0.1, 0.15) is 6.42 Å². The van der Waals surface area contributed by atoms with Gasteiger partial charge in [-0.05, 0) is 0 Å². The highest BCUT2D eigenvalue weighted by molar-refractivity contribution is 6.67. The van der Waals surface area contributed by atoms with Crippen molar-refractivity contribution < 1.29 is 0 Å². The monoisotopic (exact) mass is 160 g/mol. The topological polar surface area (TPSA) is 23.8 Å². The van der Waals surface area contributed by atoms with Gasteiger partial charge in [0.15, 0.2) is 3.79 Å². The van der Waals surface area contributed by atoms with Gasteiger partial charge in [0.1, 0.15) is 0 Å². The summed E-state index contributed by atoms with van der Waals surface area (Å²) in [4.78, 5) is 0. The van der Waals surface area contributed by atoms with E-state index in [4.69, 9.17) is 40.5 Å². The minimum atomic E-state index is -1.22. The van der Waals surface area contributed by atoms with Gasteiger partial charge in [-0.2, -0.15) is 0 Å². The van der Waals surface area contributed by atoms with Gasteiger partial charge in [-0.1, -0.05) is 34.8 Å². The fourth-order valence-corrected chi connectivity index (χ4v) is 0.425. The van der Waals surface area contributed by atoms with Crippen molar-refractivity contribution in [3.63, 3.8) is 0 Å². The van der Waals surface area contributed by atoms with Gasteiger partial charge in [-0.15, -0.1) is 0 Å². The van der Waals surface area contributed by atoms with Gasteiger partial charge in [0.25, 0.3) is 0 Å². The average Bonchev–Trinajstić information content (AvgIpc) is 1.30. The second-order valence-corrected chi connectivity index (χ2v) is 3.63. The largest absolute Gasteiger partial charge is 0.258 e. The zero-order chi connectivity index (χ0) is 5.91. The molecule has 4 heteroatoms. The average molecular weight is 161 g/mol. The van der Waals surface area contributed by atoms with E-state index >= 15 is 0 Å². The quantitative estimate of drug-likeness (QED) is 0.526. The van der Waals surface area contributed by atoms with Crippen molar-refractivity contribution in [2.75, 3.05) is 6.54 Å². The van der Waals surface area contributed by atoms with E-state index < -0.39 is 3.79 Å². The lowest BCUT2D eigenvalue weighted by molar-refractivity contribution is 0.845. The minimum Gasteiger partial charge on any atom is -0.258 e. The van der Waals surface area contributed by atoms with Gasteiger partial charge >= 0.3 is 0 Å². The molecule has 0 aromatic heterocycles. The highest BCUT2D eigenvalue weighted by Gasteiger charge is 2.16. The Bertz CT molecular complexity index is 48.6. The molecule has 0 aliphatic carbocycles. The lowest BCUT2D eigenvalue weighted by Gasteiger charge is -2.05. The molecule has 0 unspecified atom stereocenters. The first kappa shape index (κ1) is 7.83. The van der Waals surface area contributed by atoms with Crippen LogP contribution in [0.25, 0.3) is 0 Å². The van der Waals surface area contributed by atoms with Crippen molar-refractivity contribution >= 4 is 34.8 Å². The van der Waals surface area contributed by atoms with E-state index in [0.29, 0.717) is 6.42 Å². The summed E-state index contributed by atoms with van der Waals surface area (Å²) in [5.41, 5.74) is 6.60. The van der Waals surface area contributed by atoms with E-state index in [1.807, 2.05) is 0 Å². The Labute approximate surface area is 57.7 Å². The minimum absolute atomic E-state index is 0.163. The van der Waals surface area contributed by atoms with Crippen molar-refractivity contribution in [3.8, 4) is 0 Å². The summed E-state index contributed by atoms with van der Waals surface area (Å²) in [5.74, 6) is 0. The predicted octanol–water partition coefficient (Wildman–Crippen LogP) is 2.03. The molecule has 0 saturated heterocycles. The Morgan fingerprint density at radius 1 is 1.29 bits per heavy atom. The second-order valence-electron chi connectivity index (χ2n) is 1.12. The maximum absolute atomic E-state index is 6.60. The van der Waals surface area contributed by atoms with Crippen molar-refractivity contribution in [2.45, 2.75) is 10.2 Å². The fraction of sp³-hybridized carbons (Fsp3) is 1.00. The van der Waals surface area contributed by atoms with Crippen LogP contribution >= 0.6 is 34.8 Å². The van der Waals surface area contributed by atoms with Gasteiger partial charge in [-0.25, -0.2) is 0 Å². The molecule has 1 nitrogen and oxygen atoms in total. The molecule has 43 valence electrons. The first-order chi connectivity index (χ1) is 3.06. The van der Waals surface area contributed by atoms with Crippen LogP contribution < -0.4 is 5.73 Å². The summed E-state index contributed by atoms with van der Waals surface area (Å²) < 4.78 is -1.22. The lowest BCUT2D eigenvalue weighted by atomic mass is 10.5. The summed E-state index contributed by atoms with van der Waals surface area (Å²) in [6, 6.07) is 0. The summed E-state index contributed by atoms with van der Waals surface area (Å²) in [5, 5.41) is 0. The first-order valence-corrected chi connectivity index (χ1v) is 2.91. The van der Waals surface area contributed by atoms with E-state index in [0.717, 1.165) is 0 Å². The molecule has 1 N–H and O–H groups in total. The molecule has 0 saturated carbocycles. The predicted molar refractivity (Wildman–Crippen MR) is 32.9 cm³/mol. The number of hydrogen-bond acceptors (Lipinski definition) is 0. The van der Waals surface area contributed by atoms with Crippen LogP contribution in [0.2, 0.25) is 0 Å². The van der Waals surface area contributed by atoms with Crippen LogP contribution in [-0.4, -0.2) is 10.3 Å². The fourth-order valence-electron chi connectivity index (χ4n) is 0.142. The van der Waals surface area contributed by atoms with E-state index in [-0.39, 0.29) is 6.54 Å². The lowest BCUT2D eigenvalue weighted by Crippen LogP contribution is -2.04. The third-order valence-electron chi connectivity index (χ3n) is 0.408. The van der Waals surface area contributed by atoms with Crippen LogP contribution in [0.3, 0.4) is 0 Å². The summed E-state index contributed by atoms with van der Waals surface area (Å²) in [6.07, 6.45) is 0.303. The molecule has 0 aromatic rings. The van der Waals surface area contributed by atoms with E-state index in [9.17, 15) is 0 Å². The van der Waals surface area contributed by atoms with Crippen molar-refractivity contribution in [1.29, 1.82) is 0 Å². The summed E-state index contributed by atoms with van der Waals surface area (Å²) in [7, 11) is 0. The van der Waals surface area contributed by atoms with E-state index in [1.54, 1.807) is 0 Å². The number of hydrogen-bond donors (Lipinski definition) is 0. The molecule has 0 aliphatic heterocycles. The van der Waals surface area contributed by atoms with Crippen LogP contribution in [0.4, 0.5) is 0 Å². The molecule has 7 heavy (non-hydrogen) atoms. The highest BCUT2D eigenvalue weighted by Crippen LogP contribution is 2.28. The van der Waals surface area contributed by atoms with E-state index in [1.165, 1.54) is 0 Å². The highest BCUT2D eigenvalue weighted by atomic mass is 35.6. The summed E-state index contributed by atoms with van der Waals surface area (Å²) in [6.45, 7) is 0.163. The second kappa shape index (κ2) is 2.98. The Morgan fingerprint density at radius 3 is 1.71 bits per heavy atom. The maximum atomic E-state index is 6.60. The normalized spacial score (nSPS) is 12.0. The van der Waals surface area contributed by atoms with Crippen molar-refractivity contribution in [3.05, 3.63) is 0 Å². The van der Waals surface area contributed by atoms with E-state index in [2.05, 4.69) is 0 Å². The molecule has 1 radical (unpaired) electrons. The number of halogens is 3. The van der Waals surface area contributed by atoms with Gasteiger partial charge in [0.2, 0.25) is 0 Å². The number of alkyl halides is 3. The van der Waals surface area contributed by atoms with Gasteiger partial charge < -0.3 is 0 Å².